The maximum atomic E-state index is 12.4. The summed E-state index contributed by atoms with van der Waals surface area (Å²) >= 11 is 0. The van der Waals surface area contributed by atoms with Crippen LogP contribution in [0.1, 0.15) is 54.1 Å². The lowest BCUT2D eigenvalue weighted by Crippen LogP contribution is -2.27. The average Bonchev–Trinajstić information content (AvgIpc) is 3.09. The summed E-state index contributed by atoms with van der Waals surface area (Å²) in [6.07, 6.45) is 5.40. The Kier molecular flexibility index (Phi) is 4.52. The highest BCUT2D eigenvalue weighted by atomic mass is 16.3. The predicted molar refractivity (Wildman–Crippen MR) is 83.8 cm³/mol. The molecule has 3 heteroatoms. The minimum absolute atomic E-state index is 0.0303. The van der Waals surface area contributed by atoms with Crippen LogP contribution in [0.5, 0.6) is 0 Å². The molecule has 114 valence electrons. The van der Waals surface area contributed by atoms with Gasteiger partial charge in [0.2, 0.25) is 0 Å². The fourth-order valence-electron chi connectivity index (χ4n) is 3.37. The first kappa shape index (κ1) is 14.8. The largest absolute Gasteiger partial charge is 0.461 e. The Bertz CT molecular complexity index is 628. The Hall–Kier alpha value is -2.16. The maximum absolute atomic E-state index is 12.4. The molecule has 0 unspecified atom stereocenters. The number of Topliss-reactive ketones (excluding diaryl/α,β-unsaturated/α-hetero) is 2. The lowest BCUT2D eigenvalue weighted by atomic mass is 9.74. The van der Waals surface area contributed by atoms with Gasteiger partial charge in [-0.2, -0.15) is 0 Å². The Morgan fingerprint density at radius 3 is 2.64 bits per heavy atom. The number of benzene rings is 1. The van der Waals surface area contributed by atoms with Gasteiger partial charge in [0.1, 0.15) is 5.78 Å². The SMILES string of the molecule is O=C(C[C@@H](c1ccccc1)[C@@H]1CCCCC1=O)c1ccco1. The third-order valence-electron chi connectivity index (χ3n) is 4.52. The summed E-state index contributed by atoms with van der Waals surface area (Å²) in [5.41, 5.74) is 1.07. The van der Waals surface area contributed by atoms with Crippen LogP contribution >= 0.6 is 0 Å². The van der Waals surface area contributed by atoms with Gasteiger partial charge in [0, 0.05) is 24.7 Å². The molecule has 0 saturated heterocycles. The Morgan fingerprint density at radius 1 is 1.14 bits per heavy atom. The summed E-state index contributed by atoms with van der Waals surface area (Å²) in [5, 5.41) is 0. The van der Waals surface area contributed by atoms with Gasteiger partial charge in [-0.05, 0) is 30.5 Å². The molecule has 22 heavy (non-hydrogen) atoms. The van der Waals surface area contributed by atoms with E-state index in [9.17, 15) is 9.59 Å². The Labute approximate surface area is 130 Å². The summed E-state index contributed by atoms with van der Waals surface area (Å²) < 4.78 is 5.21. The third-order valence-corrected chi connectivity index (χ3v) is 4.52. The number of furan rings is 1. The molecule has 3 rings (SSSR count). The number of hydrogen-bond donors (Lipinski definition) is 0. The second kappa shape index (κ2) is 6.73. The minimum Gasteiger partial charge on any atom is -0.461 e. The molecule has 0 radical (unpaired) electrons. The monoisotopic (exact) mass is 296 g/mol. The van der Waals surface area contributed by atoms with Crippen LogP contribution in [0.15, 0.2) is 53.1 Å². The molecule has 1 aromatic heterocycles. The second-order valence-electron chi connectivity index (χ2n) is 5.94. The fourth-order valence-corrected chi connectivity index (χ4v) is 3.37. The molecule has 0 amide bonds. The normalized spacial score (nSPS) is 19.8. The molecule has 1 saturated carbocycles. The molecule has 1 aliphatic carbocycles. The van der Waals surface area contributed by atoms with Gasteiger partial charge in [-0.25, -0.2) is 0 Å². The Balaban J connectivity index is 1.86. The smallest absolute Gasteiger partial charge is 0.198 e. The van der Waals surface area contributed by atoms with Gasteiger partial charge in [0.15, 0.2) is 11.5 Å². The number of carbonyl (C=O) groups excluding carboxylic acids is 2. The van der Waals surface area contributed by atoms with Gasteiger partial charge in [-0.15, -0.1) is 0 Å². The highest BCUT2D eigenvalue weighted by Gasteiger charge is 2.33. The van der Waals surface area contributed by atoms with Crippen LogP contribution in [0, 0.1) is 5.92 Å². The highest BCUT2D eigenvalue weighted by Crippen LogP contribution is 2.37. The zero-order valence-electron chi connectivity index (χ0n) is 12.5. The topological polar surface area (TPSA) is 47.3 Å². The molecular weight excluding hydrogens is 276 g/mol. The third kappa shape index (κ3) is 3.19. The van der Waals surface area contributed by atoms with Crippen molar-refractivity contribution in [1.29, 1.82) is 0 Å². The molecule has 1 aromatic carbocycles. The molecule has 2 aromatic rings. The van der Waals surface area contributed by atoms with Crippen LogP contribution in [0.25, 0.3) is 0 Å². The molecule has 1 fully saturated rings. The van der Waals surface area contributed by atoms with E-state index in [2.05, 4.69) is 0 Å². The summed E-state index contributed by atoms with van der Waals surface area (Å²) in [7, 11) is 0. The number of ketones is 2. The summed E-state index contributed by atoms with van der Waals surface area (Å²) in [5.74, 6) is 0.551. The van der Waals surface area contributed by atoms with Crippen LogP contribution in [0.2, 0.25) is 0 Å². The van der Waals surface area contributed by atoms with Crippen molar-refractivity contribution in [2.75, 3.05) is 0 Å². The van der Waals surface area contributed by atoms with E-state index in [1.54, 1.807) is 12.1 Å². The van der Waals surface area contributed by atoms with Gasteiger partial charge in [-0.3, -0.25) is 9.59 Å². The van der Waals surface area contributed by atoms with Crippen LogP contribution < -0.4 is 0 Å². The number of carbonyl (C=O) groups is 2. The van der Waals surface area contributed by atoms with Crippen molar-refractivity contribution >= 4 is 11.6 Å². The molecule has 0 spiro atoms. The van der Waals surface area contributed by atoms with E-state index in [1.807, 2.05) is 30.3 Å². The van der Waals surface area contributed by atoms with E-state index < -0.39 is 0 Å². The molecule has 1 aliphatic rings. The zero-order valence-corrected chi connectivity index (χ0v) is 12.5. The van der Waals surface area contributed by atoms with Crippen LogP contribution in [-0.4, -0.2) is 11.6 Å². The van der Waals surface area contributed by atoms with Crippen LogP contribution in [0.4, 0.5) is 0 Å². The molecule has 3 nitrogen and oxygen atoms in total. The van der Waals surface area contributed by atoms with Gasteiger partial charge in [-0.1, -0.05) is 36.8 Å². The van der Waals surface area contributed by atoms with Crippen molar-refractivity contribution in [2.24, 2.45) is 5.92 Å². The second-order valence-corrected chi connectivity index (χ2v) is 5.94. The predicted octanol–water partition coefficient (Wildman–Crippen LogP) is 4.40. The first-order valence-electron chi connectivity index (χ1n) is 7.90. The standard InChI is InChI=1S/C19H20O3/c20-17-10-5-4-9-15(17)16(14-7-2-1-3-8-14)13-18(21)19-11-6-12-22-19/h1-3,6-8,11-12,15-16H,4-5,9-10,13H2/t15-,16-/m0/s1. The minimum atomic E-state index is -0.0494. The first-order valence-corrected chi connectivity index (χ1v) is 7.90. The fraction of sp³-hybridized carbons (Fsp3) is 0.368. The lowest BCUT2D eigenvalue weighted by Gasteiger charge is -2.29. The van der Waals surface area contributed by atoms with Gasteiger partial charge in [0.05, 0.1) is 6.26 Å². The summed E-state index contributed by atoms with van der Waals surface area (Å²) in [6.45, 7) is 0. The number of hydrogen-bond acceptors (Lipinski definition) is 3. The summed E-state index contributed by atoms with van der Waals surface area (Å²) in [4.78, 5) is 24.8. The molecule has 1 heterocycles. The van der Waals surface area contributed by atoms with Crippen molar-refractivity contribution in [3.8, 4) is 0 Å². The first-order chi connectivity index (χ1) is 10.8. The van der Waals surface area contributed by atoms with E-state index in [4.69, 9.17) is 4.42 Å². The van der Waals surface area contributed by atoms with E-state index in [-0.39, 0.29) is 17.6 Å². The Morgan fingerprint density at radius 2 is 1.95 bits per heavy atom. The van der Waals surface area contributed by atoms with Crippen molar-refractivity contribution in [3.05, 3.63) is 60.1 Å². The lowest BCUT2D eigenvalue weighted by molar-refractivity contribution is -0.125. The summed E-state index contributed by atoms with van der Waals surface area (Å²) in [6, 6.07) is 13.3. The van der Waals surface area contributed by atoms with Crippen molar-refractivity contribution in [1.82, 2.24) is 0 Å². The number of rotatable bonds is 5. The van der Waals surface area contributed by atoms with E-state index in [1.165, 1.54) is 6.26 Å². The van der Waals surface area contributed by atoms with Gasteiger partial charge < -0.3 is 4.42 Å². The molecule has 0 aliphatic heterocycles. The van der Waals surface area contributed by atoms with E-state index >= 15 is 0 Å². The van der Waals surface area contributed by atoms with Gasteiger partial charge in [0.25, 0.3) is 0 Å². The van der Waals surface area contributed by atoms with Gasteiger partial charge >= 0.3 is 0 Å². The maximum Gasteiger partial charge on any atom is 0.198 e. The van der Waals surface area contributed by atoms with Crippen molar-refractivity contribution < 1.29 is 14.0 Å². The highest BCUT2D eigenvalue weighted by molar-refractivity contribution is 5.94. The average molecular weight is 296 g/mol. The zero-order chi connectivity index (χ0) is 15.4. The van der Waals surface area contributed by atoms with E-state index in [0.29, 0.717) is 24.4 Å². The molecule has 0 bridgehead atoms. The molecular formula is C19H20O3. The molecule has 2 atom stereocenters. The molecule has 0 N–H and O–H groups in total. The van der Waals surface area contributed by atoms with Crippen LogP contribution in [0.3, 0.4) is 0 Å². The van der Waals surface area contributed by atoms with Crippen molar-refractivity contribution in [3.63, 3.8) is 0 Å². The van der Waals surface area contributed by atoms with Crippen molar-refractivity contribution in [2.45, 2.75) is 38.0 Å². The quantitative estimate of drug-likeness (QED) is 0.768. The van der Waals surface area contributed by atoms with E-state index in [0.717, 1.165) is 24.8 Å². The van der Waals surface area contributed by atoms with Crippen LogP contribution in [-0.2, 0) is 4.79 Å².